The number of methoxy groups -OCH3 is 1. The van der Waals surface area contributed by atoms with Crippen LogP contribution in [0.25, 0.3) is 10.9 Å². The van der Waals surface area contributed by atoms with E-state index < -0.39 is 17.2 Å². The van der Waals surface area contributed by atoms with E-state index in [1.54, 1.807) is 4.57 Å². The fraction of sp³-hybridized carbons (Fsp3) is 0.333. The van der Waals surface area contributed by atoms with E-state index >= 15 is 0 Å². The van der Waals surface area contributed by atoms with E-state index in [0.717, 1.165) is 6.07 Å². The van der Waals surface area contributed by atoms with E-state index in [-0.39, 0.29) is 29.0 Å². The van der Waals surface area contributed by atoms with E-state index in [0.29, 0.717) is 17.8 Å². The summed E-state index contributed by atoms with van der Waals surface area (Å²) in [6, 6.07) is 2.33. The summed E-state index contributed by atoms with van der Waals surface area (Å²) in [7, 11) is 1.49. The quantitative estimate of drug-likeness (QED) is 0.916. The first-order chi connectivity index (χ1) is 10.4. The van der Waals surface area contributed by atoms with Gasteiger partial charge in [-0.25, -0.2) is 9.18 Å². The maximum Gasteiger partial charge on any atom is 0.341 e. The first kappa shape index (κ1) is 16.5. The van der Waals surface area contributed by atoms with Gasteiger partial charge in [-0.2, -0.15) is 0 Å². The Bertz CT molecular complexity index is 800. The Labute approximate surface area is 130 Å². The number of halogens is 2. The molecule has 0 spiro atoms. The first-order valence-corrected chi connectivity index (χ1v) is 7.06. The zero-order valence-electron chi connectivity index (χ0n) is 12.2. The third kappa shape index (κ3) is 2.71. The lowest BCUT2D eigenvalue weighted by atomic mass is 10.0. The van der Waals surface area contributed by atoms with Gasteiger partial charge < -0.3 is 14.4 Å². The number of pyridine rings is 1. The average Bonchev–Trinajstić information content (AvgIpc) is 2.47. The van der Waals surface area contributed by atoms with Crippen molar-refractivity contribution in [2.24, 2.45) is 0 Å². The van der Waals surface area contributed by atoms with Gasteiger partial charge in [-0.05, 0) is 19.1 Å². The van der Waals surface area contributed by atoms with Crippen molar-refractivity contribution in [2.75, 3.05) is 13.7 Å². The van der Waals surface area contributed by atoms with Crippen molar-refractivity contribution in [3.05, 3.63) is 44.5 Å². The summed E-state index contributed by atoms with van der Waals surface area (Å²) in [5.41, 5.74) is -0.311. The second-order valence-electron chi connectivity index (χ2n) is 4.73. The number of ether oxygens (including phenoxy) is 1. The number of aromatic nitrogens is 1. The molecule has 1 aromatic carbocycles. The SMILES string of the molecule is CCn1c(CCOC)c(C(=O)O)c(=O)c2cc(F)c(Cl)cc21. The van der Waals surface area contributed by atoms with Gasteiger partial charge in [0.05, 0.1) is 17.1 Å². The summed E-state index contributed by atoms with van der Waals surface area (Å²) in [6.07, 6.45) is 0.256. The van der Waals surface area contributed by atoms with Crippen LogP contribution in [0, 0.1) is 5.82 Å². The minimum Gasteiger partial charge on any atom is -0.477 e. The highest BCUT2D eigenvalue weighted by atomic mass is 35.5. The molecule has 0 amide bonds. The van der Waals surface area contributed by atoms with Crippen LogP contribution in [-0.4, -0.2) is 29.4 Å². The molecular weight excluding hydrogens is 313 g/mol. The Balaban J connectivity index is 2.95. The molecule has 0 bridgehead atoms. The van der Waals surface area contributed by atoms with Gasteiger partial charge in [0.2, 0.25) is 5.43 Å². The number of hydrogen-bond acceptors (Lipinski definition) is 3. The van der Waals surface area contributed by atoms with Crippen molar-refractivity contribution in [1.29, 1.82) is 0 Å². The smallest absolute Gasteiger partial charge is 0.341 e. The van der Waals surface area contributed by atoms with E-state index in [2.05, 4.69) is 0 Å². The highest BCUT2D eigenvalue weighted by Gasteiger charge is 2.22. The molecule has 0 aliphatic rings. The number of carbonyl (C=O) groups is 1. The Morgan fingerprint density at radius 3 is 2.68 bits per heavy atom. The molecule has 0 aliphatic carbocycles. The summed E-state index contributed by atoms with van der Waals surface area (Å²) in [5, 5.41) is 9.26. The predicted molar refractivity (Wildman–Crippen MR) is 81.4 cm³/mol. The van der Waals surface area contributed by atoms with Crippen molar-refractivity contribution in [2.45, 2.75) is 19.9 Å². The van der Waals surface area contributed by atoms with Crippen LogP contribution >= 0.6 is 11.6 Å². The Morgan fingerprint density at radius 2 is 2.14 bits per heavy atom. The molecule has 0 fully saturated rings. The lowest BCUT2D eigenvalue weighted by Gasteiger charge is -2.18. The van der Waals surface area contributed by atoms with Gasteiger partial charge in [-0.3, -0.25) is 4.79 Å². The van der Waals surface area contributed by atoms with Crippen molar-refractivity contribution in [3.63, 3.8) is 0 Å². The van der Waals surface area contributed by atoms with Crippen LogP contribution in [0.1, 0.15) is 23.0 Å². The molecule has 7 heteroatoms. The Kier molecular flexibility index (Phi) is 4.83. The highest BCUT2D eigenvalue weighted by Crippen LogP contribution is 2.24. The summed E-state index contributed by atoms with van der Waals surface area (Å²) in [5.74, 6) is -2.09. The molecule has 0 atom stereocenters. The van der Waals surface area contributed by atoms with Gasteiger partial charge in [0.1, 0.15) is 11.4 Å². The van der Waals surface area contributed by atoms with Crippen molar-refractivity contribution < 1.29 is 19.0 Å². The van der Waals surface area contributed by atoms with Crippen LogP contribution in [0.3, 0.4) is 0 Å². The molecule has 5 nitrogen and oxygen atoms in total. The molecule has 1 aromatic heterocycles. The number of hydrogen-bond donors (Lipinski definition) is 1. The highest BCUT2D eigenvalue weighted by molar-refractivity contribution is 6.31. The molecule has 118 valence electrons. The van der Waals surface area contributed by atoms with E-state index in [9.17, 15) is 19.1 Å². The van der Waals surface area contributed by atoms with Crippen molar-refractivity contribution in [3.8, 4) is 0 Å². The number of rotatable bonds is 5. The summed E-state index contributed by atoms with van der Waals surface area (Å²) in [4.78, 5) is 23.9. The van der Waals surface area contributed by atoms with Crippen LogP contribution in [0.2, 0.25) is 5.02 Å². The van der Waals surface area contributed by atoms with Crippen LogP contribution in [-0.2, 0) is 17.7 Å². The lowest BCUT2D eigenvalue weighted by Crippen LogP contribution is -2.25. The lowest BCUT2D eigenvalue weighted by molar-refractivity contribution is 0.0692. The van der Waals surface area contributed by atoms with Crippen LogP contribution in [0.4, 0.5) is 4.39 Å². The monoisotopic (exact) mass is 327 g/mol. The van der Waals surface area contributed by atoms with Gasteiger partial charge in [0.25, 0.3) is 0 Å². The zero-order valence-corrected chi connectivity index (χ0v) is 12.9. The number of aromatic carboxylic acids is 1. The molecule has 0 aliphatic heterocycles. The molecule has 2 rings (SSSR count). The van der Waals surface area contributed by atoms with Gasteiger partial charge in [-0.1, -0.05) is 11.6 Å². The fourth-order valence-corrected chi connectivity index (χ4v) is 2.69. The maximum atomic E-state index is 13.7. The van der Waals surface area contributed by atoms with Gasteiger partial charge >= 0.3 is 5.97 Å². The predicted octanol–water partition coefficient (Wildman–Crippen LogP) is 2.70. The van der Waals surface area contributed by atoms with E-state index in [4.69, 9.17) is 16.3 Å². The maximum absolute atomic E-state index is 13.7. The molecule has 0 radical (unpaired) electrons. The van der Waals surface area contributed by atoms with Crippen LogP contribution < -0.4 is 5.43 Å². The molecule has 2 aromatic rings. The fourth-order valence-electron chi connectivity index (χ4n) is 2.53. The number of benzene rings is 1. The Hall–Kier alpha value is -1.92. The van der Waals surface area contributed by atoms with Gasteiger partial charge in [-0.15, -0.1) is 0 Å². The largest absolute Gasteiger partial charge is 0.477 e. The molecule has 0 saturated heterocycles. The molecular formula is C15H15ClFNO4. The summed E-state index contributed by atoms with van der Waals surface area (Å²) >= 11 is 5.80. The number of nitrogens with zero attached hydrogens (tertiary/aromatic N) is 1. The average molecular weight is 328 g/mol. The molecule has 0 saturated carbocycles. The van der Waals surface area contributed by atoms with Crippen molar-refractivity contribution in [1.82, 2.24) is 4.57 Å². The van der Waals surface area contributed by atoms with E-state index in [1.807, 2.05) is 6.92 Å². The van der Waals surface area contributed by atoms with Crippen molar-refractivity contribution >= 4 is 28.5 Å². The minimum atomic E-state index is -1.34. The topological polar surface area (TPSA) is 68.5 Å². The van der Waals surface area contributed by atoms with Gasteiger partial charge in [0.15, 0.2) is 0 Å². The number of carboxylic acid groups (broad SMARTS) is 1. The molecule has 1 heterocycles. The Morgan fingerprint density at radius 1 is 1.45 bits per heavy atom. The number of carboxylic acids is 1. The normalized spacial score (nSPS) is 11.1. The second kappa shape index (κ2) is 6.46. The third-order valence-electron chi connectivity index (χ3n) is 3.49. The summed E-state index contributed by atoms with van der Waals surface area (Å²) < 4.78 is 20.3. The second-order valence-corrected chi connectivity index (χ2v) is 5.13. The molecule has 1 N–H and O–H groups in total. The van der Waals surface area contributed by atoms with Crippen LogP contribution in [0.15, 0.2) is 16.9 Å². The first-order valence-electron chi connectivity index (χ1n) is 6.69. The third-order valence-corrected chi connectivity index (χ3v) is 3.78. The zero-order chi connectivity index (χ0) is 16.4. The minimum absolute atomic E-state index is 0.00215. The van der Waals surface area contributed by atoms with Crippen LogP contribution in [0.5, 0.6) is 0 Å². The van der Waals surface area contributed by atoms with Gasteiger partial charge in [0, 0.05) is 31.2 Å². The summed E-state index contributed by atoms with van der Waals surface area (Å²) in [6.45, 7) is 2.49. The number of fused-ring (bicyclic) bond motifs is 1. The molecule has 22 heavy (non-hydrogen) atoms. The van der Waals surface area contributed by atoms with E-state index in [1.165, 1.54) is 13.2 Å². The number of aryl methyl sites for hydroxylation is 1. The standard InChI is InChI=1S/C15H15ClFNO4/c1-3-18-11(4-5-22-2)13(15(20)21)14(19)8-6-10(17)9(16)7-12(8)18/h6-7H,3-5H2,1-2H3,(H,20,21). The molecule has 0 unspecified atom stereocenters.